The third-order valence-corrected chi connectivity index (χ3v) is 9.21. The van der Waals surface area contributed by atoms with E-state index in [1.54, 1.807) is 31.2 Å². The molecule has 0 saturated carbocycles. The molecule has 0 atom stereocenters. The fraction of sp³-hybridized carbons (Fsp3) is 0.0370. The summed E-state index contributed by atoms with van der Waals surface area (Å²) >= 11 is 0. The molecule has 260 valence electrons. The molecule has 50 heavy (non-hydrogen) atoms. The Balaban J connectivity index is 1.60. The Labute approximate surface area is 281 Å². The Bertz CT molecular complexity index is 2570. The van der Waals surface area contributed by atoms with Crippen molar-refractivity contribution in [3.63, 3.8) is 0 Å². The average molecular weight is 748 g/mol. The summed E-state index contributed by atoms with van der Waals surface area (Å²) in [5, 5.41) is 14.6. The highest BCUT2D eigenvalue weighted by Gasteiger charge is 2.25. The summed E-state index contributed by atoms with van der Waals surface area (Å²) in [7, 11) is -15.4. The number of carbonyl (C=O) groups is 1. The number of nitrogens with two attached hydrogens (primary N) is 1. The number of para-hydroxylation sites is 1. The van der Waals surface area contributed by atoms with E-state index in [-0.39, 0.29) is 29.0 Å². The first-order valence-electron chi connectivity index (χ1n) is 13.5. The molecule has 0 aliphatic rings. The van der Waals surface area contributed by atoms with Crippen LogP contribution in [0.5, 0.6) is 0 Å². The third kappa shape index (κ3) is 8.28. The highest BCUT2D eigenvalue weighted by atomic mass is 32.2. The molecule has 19 nitrogen and oxygen atoms in total. The van der Waals surface area contributed by atoms with Gasteiger partial charge in [0.25, 0.3) is 30.4 Å². The predicted molar refractivity (Wildman–Crippen MR) is 175 cm³/mol. The highest BCUT2D eigenvalue weighted by molar-refractivity contribution is 7.87. The van der Waals surface area contributed by atoms with Crippen LogP contribution in [0, 0.1) is 13.0 Å². The van der Waals surface area contributed by atoms with Gasteiger partial charge in [0, 0.05) is 16.8 Å². The molecule has 0 aliphatic heterocycles. The molecule has 4 aromatic carbocycles. The largest absolute Gasteiger partial charge is 0.351 e. The van der Waals surface area contributed by atoms with Crippen LogP contribution in [0.2, 0.25) is 0 Å². The number of azo groups is 1. The molecule has 1 heterocycles. The topological polar surface area (TPSA) is 306 Å². The second-order valence-electron chi connectivity index (χ2n) is 10.1. The van der Waals surface area contributed by atoms with Gasteiger partial charge in [0.05, 0.1) is 10.6 Å². The van der Waals surface area contributed by atoms with E-state index < -0.39 is 73.6 Å². The van der Waals surface area contributed by atoms with Crippen LogP contribution < -0.4 is 21.7 Å². The first kappa shape index (κ1) is 35.6. The zero-order chi connectivity index (χ0) is 36.6. The van der Waals surface area contributed by atoms with Gasteiger partial charge in [-0.25, -0.2) is 4.79 Å². The Hall–Kier alpha value is -5.72. The van der Waals surface area contributed by atoms with Crippen molar-refractivity contribution in [2.75, 3.05) is 16.0 Å². The summed E-state index contributed by atoms with van der Waals surface area (Å²) in [6.45, 7) is 1.81. The fourth-order valence-electron chi connectivity index (χ4n) is 4.43. The number of hydrogen-bond donors (Lipinski definition) is 7. The molecule has 0 spiro atoms. The van der Waals surface area contributed by atoms with Crippen molar-refractivity contribution < 1.29 is 48.1 Å². The van der Waals surface area contributed by atoms with Gasteiger partial charge < -0.3 is 21.7 Å². The van der Waals surface area contributed by atoms with Gasteiger partial charge in [-0.15, -0.1) is 10.2 Å². The quantitative estimate of drug-likeness (QED) is 0.0758. The molecule has 0 unspecified atom stereocenters. The number of rotatable bonds is 10. The van der Waals surface area contributed by atoms with Crippen molar-refractivity contribution in [3.8, 4) is 0 Å². The smallest absolute Gasteiger partial charge is 0.316 e. The number of halogens is 1. The van der Waals surface area contributed by atoms with Gasteiger partial charge in [-0.3, -0.25) is 13.7 Å². The molecule has 8 N–H and O–H groups in total. The Morgan fingerprint density at radius 3 is 2.00 bits per heavy atom. The van der Waals surface area contributed by atoms with Gasteiger partial charge in [-0.1, -0.05) is 18.2 Å². The lowest BCUT2D eigenvalue weighted by Gasteiger charge is -2.12. The van der Waals surface area contributed by atoms with Crippen LogP contribution in [0.15, 0.2) is 91.6 Å². The number of aryl methyl sites for hydroxylation is 1. The van der Waals surface area contributed by atoms with Crippen LogP contribution in [0.25, 0.3) is 10.8 Å². The van der Waals surface area contributed by atoms with Crippen molar-refractivity contribution >= 4 is 87.5 Å². The van der Waals surface area contributed by atoms with E-state index in [1.165, 1.54) is 18.2 Å². The predicted octanol–water partition coefficient (Wildman–Crippen LogP) is 4.61. The van der Waals surface area contributed by atoms with E-state index in [9.17, 15) is 48.1 Å². The molecular formula is C27H22FN9O10S3. The van der Waals surface area contributed by atoms with Crippen LogP contribution in [0.1, 0.15) is 5.56 Å². The lowest BCUT2D eigenvalue weighted by Crippen LogP contribution is -2.19. The van der Waals surface area contributed by atoms with E-state index in [4.69, 9.17) is 5.73 Å². The maximum atomic E-state index is 14.4. The van der Waals surface area contributed by atoms with E-state index in [0.29, 0.717) is 23.9 Å². The van der Waals surface area contributed by atoms with Crippen LogP contribution in [0.3, 0.4) is 0 Å². The zero-order valence-electron chi connectivity index (χ0n) is 25.0. The van der Waals surface area contributed by atoms with Gasteiger partial charge >= 0.3 is 12.1 Å². The van der Waals surface area contributed by atoms with Gasteiger partial charge in [0.2, 0.25) is 11.9 Å². The zero-order valence-corrected chi connectivity index (χ0v) is 27.4. The molecule has 0 bridgehead atoms. The van der Waals surface area contributed by atoms with Crippen LogP contribution in [0.4, 0.5) is 49.5 Å². The van der Waals surface area contributed by atoms with Gasteiger partial charge in [-0.05, 0) is 66.4 Å². The standard InChI is InChI=1S/C27H22FN9O10S3/c1-13-4-2-3-5-18(13)32-27-34-24(28)33-26(35-27)30-15-6-7-19(31-25(29)38)20(10-15)36-37-21-12-17-14(9-23(21)50(45,46)47)8-16(48(39,40)41)11-22(17)49(42,43)44/h2-12H,1H3,(H3,29,31,38)(H,39,40,41)(H,42,43,44)(H,45,46,47)(H2,30,32,33,34,35)/b37-36+. The van der Waals surface area contributed by atoms with Crippen LogP contribution in [-0.4, -0.2) is 59.9 Å². The van der Waals surface area contributed by atoms with Crippen molar-refractivity contribution in [2.24, 2.45) is 16.0 Å². The van der Waals surface area contributed by atoms with E-state index in [0.717, 1.165) is 11.6 Å². The lowest BCUT2D eigenvalue weighted by molar-refractivity contribution is 0.259. The highest BCUT2D eigenvalue weighted by Crippen LogP contribution is 2.37. The molecular weight excluding hydrogens is 726 g/mol. The Morgan fingerprint density at radius 2 is 1.38 bits per heavy atom. The summed E-state index contributed by atoms with van der Waals surface area (Å²) in [5.74, 6) is -0.430. The number of nitrogens with zero attached hydrogens (tertiary/aromatic N) is 5. The number of nitrogens with one attached hydrogen (secondary N) is 3. The van der Waals surface area contributed by atoms with Gasteiger partial charge in [0.1, 0.15) is 21.2 Å². The summed E-state index contributed by atoms with van der Waals surface area (Å²) in [6.07, 6.45) is -1.15. The maximum Gasteiger partial charge on any atom is 0.316 e. The third-order valence-electron chi connectivity index (χ3n) is 6.60. The number of primary amides is 1. The van der Waals surface area contributed by atoms with Gasteiger partial charge in [0.15, 0.2) is 0 Å². The molecule has 0 radical (unpaired) electrons. The minimum atomic E-state index is -5.20. The fourth-order valence-corrected chi connectivity index (χ4v) is 6.42. The summed E-state index contributed by atoms with van der Waals surface area (Å²) < 4.78 is 116. The molecule has 0 fully saturated rings. The number of urea groups is 1. The summed E-state index contributed by atoms with van der Waals surface area (Å²) in [5.41, 5.74) is 5.71. The summed E-state index contributed by atoms with van der Waals surface area (Å²) in [6, 6.07) is 12.3. The number of aromatic nitrogens is 3. The van der Waals surface area contributed by atoms with Crippen LogP contribution in [-0.2, 0) is 30.4 Å². The molecule has 0 saturated heterocycles. The van der Waals surface area contributed by atoms with Crippen LogP contribution >= 0.6 is 0 Å². The Morgan fingerprint density at radius 1 is 0.740 bits per heavy atom. The second-order valence-corrected chi connectivity index (χ2v) is 14.3. The van der Waals surface area contributed by atoms with E-state index in [1.807, 2.05) is 0 Å². The van der Waals surface area contributed by atoms with Crippen molar-refractivity contribution in [1.29, 1.82) is 0 Å². The maximum absolute atomic E-state index is 14.4. The van der Waals surface area contributed by atoms with Crippen molar-refractivity contribution in [1.82, 2.24) is 15.0 Å². The Kier molecular flexibility index (Phi) is 9.46. The molecule has 5 rings (SSSR count). The number of hydrogen-bond acceptors (Lipinski definition) is 14. The first-order valence-corrected chi connectivity index (χ1v) is 17.8. The minimum Gasteiger partial charge on any atom is -0.351 e. The SMILES string of the molecule is Cc1ccccc1Nc1nc(F)nc(Nc2ccc(NC(N)=O)c(/N=N/c3cc4c(S(=O)(=O)O)cc(S(=O)(=O)O)cc4cc3S(=O)(=O)O)c2)n1. The molecule has 2 amide bonds. The van der Waals surface area contributed by atoms with Crippen molar-refractivity contribution in [3.05, 3.63) is 78.4 Å². The molecule has 1 aromatic heterocycles. The average Bonchev–Trinajstić information content (AvgIpc) is 2.99. The molecule has 0 aliphatic carbocycles. The minimum absolute atomic E-state index is 0.0962. The van der Waals surface area contributed by atoms with Crippen molar-refractivity contribution in [2.45, 2.75) is 21.6 Å². The number of amides is 2. The summed E-state index contributed by atoms with van der Waals surface area (Å²) in [4.78, 5) is 19.9. The molecule has 5 aromatic rings. The molecule has 23 heteroatoms. The van der Waals surface area contributed by atoms with E-state index >= 15 is 0 Å². The first-order chi connectivity index (χ1) is 23.3. The van der Waals surface area contributed by atoms with E-state index in [2.05, 4.69) is 41.1 Å². The lowest BCUT2D eigenvalue weighted by atomic mass is 10.1. The monoisotopic (exact) mass is 747 g/mol. The number of carbonyl (C=O) groups excluding carboxylic acids is 1. The van der Waals surface area contributed by atoms with Gasteiger partial charge in [-0.2, -0.15) is 44.6 Å². The number of benzene rings is 4. The normalized spacial score (nSPS) is 12.3. The number of fused-ring (bicyclic) bond motifs is 1. The number of anilines is 5. The second kappa shape index (κ2) is 13.3.